The number of hydrogen-bond donors (Lipinski definition) is 1. The van der Waals surface area contributed by atoms with Crippen molar-refractivity contribution < 1.29 is 4.74 Å². The van der Waals surface area contributed by atoms with Crippen LogP contribution in [-0.4, -0.2) is 38.3 Å². The summed E-state index contributed by atoms with van der Waals surface area (Å²) in [5.41, 5.74) is 1.44. The lowest BCUT2D eigenvalue weighted by Crippen LogP contribution is -2.28. The predicted molar refractivity (Wildman–Crippen MR) is 90.7 cm³/mol. The Balaban J connectivity index is 1.75. The van der Waals surface area contributed by atoms with E-state index in [-0.39, 0.29) is 0 Å². The summed E-state index contributed by atoms with van der Waals surface area (Å²) in [7, 11) is 1.77. The first kappa shape index (κ1) is 16.7. The molecule has 1 aromatic heterocycles. The van der Waals surface area contributed by atoms with Crippen LogP contribution in [0.3, 0.4) is 0 Å². The van der Waals surface area contributed by atoms with Gasteiger partial charge in [0, 0.05) is 43.0 Å². The molecule has 3 nitrogen and oxygen atoms in total. The fourth-order valence-corrected chi connectivity index (χ4v) is 3.55. The lowest BCUT2D eigenvalue weighted by molar-refractivity contribution is 0.210. The topological polar surface area (TPSA) is 24.5 Å². The Morgan fingerprint density at radius 1 is 1.33 bits per heavy atom. The van der Waals surface area contributed by atoms with Crippen molar-refractivity contribution in [2.45, 2.75) is 33.4 Å². The molecule has 0 bridgehead atoms. The zero-order valence-electron chi connectivity index (χ0n) is 13.5. The third-order valence-electron chi connectivity index (χ3n) is 3.67. The summed E-state index contributed by atoms with van der Waals surface area (Å²) < 4.78 is 5.20. The molecule has 0 radical (unpaired) electrons. The van der Waals surface area contributed by atoms with Gasteiger partial charge in [0.05, 0.1) is 6.61 Å². The van der Waals surface area contributed by atoms with Crippen LogP contribution in [0.1, 0.15) is 30.0 Å². The second-order valence-electron chi connectivity index (χ2n) is 6.17. The van der Waals surface area contributed by atoms with E-state index in [1.807, 2.05) is 11.3 Å². The van der Waals surface area contributed by atoms with Crippen molar-refractivity contribution in [3.63, 3.8) is 0 Å². The summed E-state index contributed by atoms with van der Waals surface area (Å²) in [4.78, 5) is 5.43. The first-order valence-corrected chi connectivity index (χ1v) is 8.66. The molecule has 118 valence electrons. The van der Waals surface area contributed by atoms with Gasteiger partial charge in [-0.1, -0.05) is 19.9 Å². The molecule has 0 aromatic carbocycles. The zero-order chi connectivity index (χ0) is 15.1. The molecule has 21 heavy (non-hydrogen) atoms. The van der Waals surface area contributed by atoms with E-state index in [9.17, 15) is 0 Å². The van der Waals surface area contributed by atoms with Gasteiger partial charge in [-0.2, -0.15) is 0 Å². The van der Waals surface area contributed by atoms with Crippen LogP contribution >= 0.6 is 11.3 Å². The van der Waals surface area contributed by atoms with E-state index in [4.69, 9.17) is 4.74 Å². The molecule has 4 heteroatoms. The maximum atomic E-state index is 5.20. The van der Waals surface area contributed by atoms with Gasteiger partial charge < -0.3 is 10.1 Å². The summed E-state index contributed by atoms with van der Waals surface area (Å²) in [6.07, 6.45) is 3.47. The SMILES string of the molecule is COCC1=CCN(Cc2ccc(CNCC(C)C)s2)CC1. The van der Waals surface area contributed by atoms with E-state index in [0.29, 0.717) is 5.92 Å². The molecule has 1 N–H and O–H groups in total. The van der Waals surface area contributed by atoms with Crippen LogP contribution in [0.5, 0.6) is 0 Å². The smallest absolute Gasteiger partial charge is 0.0673 e. The molecule has 0 saturated heterocycles. The van der Waals surface area contributed by atoms with Crippen molar-refractivity contribution in [3.8, 4) is 0 Å². The highest BCUT2D eigenvalue weighted by atomic mass is 32.1. The van der Waals surface area contributed by atoms with Gasteiger partial charge in [-0.15, -0.1) is 11.3 Å². The maximum Gasteiger partial charge on any atom is 0.0673 e. The monoisotopic (exact) mass is 308 g/mol. The molecule has 1 aliphatic heterocycles. The van der Waals surface area contributed by atoms with Crippen LogP contribution in [0.25, 0.3) is 0 Å². The van der Waals surface area contributed by atoms with Gasteiger partial charge >= 0.3 is 0 Å². The molecule has 1 aliphatic rings. The molecule has 0 atom stereocenters. The van der Waals surface area contributed by atoms with Gasteiger partial charge in [0.15, 0.2) is 0 Å². The predicted octanol–water partition coefficient (Wildman–Crippen LogP) is 3.27. The fourth-order valence-electron chi connectivity index (χ4n) is 2.52. The second kappa shape index (κ2) is 8.69. The van der Waals surface area contributed by atoms with E-state index in [1.165, 1.54) is 15.3 Å². The van der Waals surface area contributed by atoms with Crippen molar-refractivity contribution >= 4 is 11.3 Å². The largest absolute Gasteiger partial charge is 0.380 e. The third kappa shape index (κ3) is 5.91. The van der Waals surface area contributed by atoms with Crippen LogP contribution in [0.15, 0.2) is 23.8 Å². The van der Waals surface area contributed by atoms with Crippen molar-refractivity contribution in [3.05, 3.63) is 33.5 Å². The van der Waals surface area contributed by atoms with Crippen LogP contribution < -0.4 is 5.32 Å². The van der Waals surface area contributed by atoms with E-state index < -0.39 is 0 Å². The highest BCUT2D eigenvalue weighted by molar-refractivity contribution is 7.11. The molecule has 2 heterocycles. The number of ether oxygens (including phenoxy) is 1. The Morgan fingerprint density at radius 3 is 2.81 bits per heavy atom. The summed E-state index contributed by atoms with van der Waals surface area (Å²) in [5.74, 6) is 0.714. The molecule has 0 amide bonds. The Hall–Kier alpha value is -0.680. The lowest BCUT2D eigenvalue weighted by Gasteiger charge is -2.25. The van der Waals surface area contributed by atoms with Crippen molar-refractivity contribution in [2.24, 2.45) is 5.92 Å². The average Bonchev–Trinajstić information content (AvgIpc) is 2.88. The van der Waals surface area contributed by atoms with Crippen molar-refractivity contribution in [1.29, 1.82) is 0 Å². The molecule has 0 unspecified atom stereocenters. The molecule has 0 spiro atoms. The maximum absolute atomic E-state index is 5.20. The van der Waals surface area contributed by atoms with Crippen molar-refractivity contribution in [2.75, 3.05) is 33.4 Å². The summed E-state index contributed by atoms with van der Waals surface area (Å²) in [6, 6.07) is 4.55. The first-order chi connectivity index (χ1) is 10.2. The molecular formula is C17H28N2OS. The standard InChI is InChI=1S/C17H28N2OS/c1-14(2)10-18-11-16-4-5-17(21-16)12-19-8-6-15(7-9-19)13-20-3/h4-6,14,18H,7-13H2,1-3H3. The normalized spacial score (nSPS) is 16.5. The van der Waals surface area contributed by atoms with Gasteiger partial charge in [0.1, 0.15) is 0 Å². The van der Waals surface area contributed by atoms with E-state index in [1.54, 1.807) is 7.11 Å². The van der Waals surface area contributed by atoms with Gasteiger partial charge in [-0.25, -0.2) is 0 Å². The summed E-state index contributed by atoms with van der Waals surface area (Å²) in [5, 5.41) is 3.51. The van der Waals surface area contributed by atoms with Gasteiger partial charge in [0.25, 0.3) is 0 Å². The van der Waals surface area contributed by atoms with E-state index in [0.717, 1.165) is 45.8 Å². The van der Waals surface area contributed by atoms with Crippen LogP contribution in [0.4, 0.5) is 0 Å². The average molecular weight is 308 g/mol. The minimum atomic E-state index is 0.714. The van der Waals surface area contributed by atoms with Gasteiger partial charge in [-0.05, 0) is 36.6 Å². The molecule has 1 aromatic rings. The number of nitrogens with one attached hydrogen (secondary N) is 1. The number of rotatable bonds is 8. The van der Waals surface area contributed by atoms with E-state index in [2.05, 4.69) is 42.3 Å². The molecule has 0 aliphatic carbocycles. The number of hydrogen-bond acceptors (Lipinski definition) is 4. The van der Waals surface area contributed by atoms with Gasteiger partial charge in [-0.3, -0.25) is 4.90 Å². The van der Waals surface area contributed by atoms with Crippen LogP contribution in [-0.2, 0) is 17.8 Å². The Labute approximate surface area is 133 Å². The van der Waals surface area contributed by atoms with Crippen LogP contribution in [0.2, 0.25) is 0 Å². The highest BCUT2D eigenvalue weighted by Crippen LogP contribution is 2.20. The lowest BCUT2D eigenvalue weighted by atomic mass is 10.1. The summed E-state index contributed by atoms with van der Waals surface area (Å²) in [6.45, 7) is 10.6. The third-order valence-corrected chi connectivity index (χ3v) is 4.74. The number of nitrogens with zero attached hydrogens (tertiary/aromatic N) is 1. The second-order valence-corrected chi connectivity index (χ2v) is 7.43. The quantitative estimate of drug-likeness (QED) is 0.746. The molecule has 0 fully saturated rings. The summed E-state index contributed by atoms with van der Waals surface area (Å²) >= 11 is 1.94. The van der Waals surface area contributed by atoms with E-state index >= 15 is 0 Å². The van der Waals surface area contributed by atoms with Crippen molar-refractivity contribution in [1.82, 2.24) is 10.2 Å². The zero-order valence-corrected chi connectivity index (χ0v) is 14.3. The number of thiophene rings is 1. The molecule has 2 rings (SSSR count). The first-order valence-electron chi connectivity index (χ1n) is 7.85. The highest BCUT2D eigenvalue weighted by Gasteiger charge is 2.12. The number of methoxy groups -OCH3 is 1. The minimum Gasteiger partial charge on any atom is -0.380 e. The fraction of sp³-hybridized carbons (Fsp3) is 0.647. The van der Waals surface area contributed by atoms with Crippen LogP contribution in [0, 0.1) is 5.92 Å². The minimum absolute atomic E-state index is 0.714. The molecular weight excluding hydrogens is 280 g/mol. The van der Waals surface area contributed by atoms with Gasteiger partial charge in [0.2, 0.25) is 0 Å². The Bertz CT molecular complexity index is 453. The molecule has 0 saturated carbocycles. The Morgan fingerprint density at radius 2 is 2.14 bits per heavy atom. The Kier molecular flexibility index (Phi) is 6.90.